The van der Waals surface area contributed by atoms with Gasteiger partial charge in [-0.25, -0.2) is 4.79 Å². The third kappa shape index (κ3) is 3.51. The van der Waals surface area contributed by atoms with Crippen molar-refractivity contribution >= 4 is 23.0 Å². The normalized spacial score (nSPS) is 18.2. The number of hydrogen-bond donors (Lipinski definition) is 3. The molecular formula is C17H17NO6S. The maximum atomic E-state index is 11.4. The Bertz CT molecular complexity index is 836. The zero-order valence-electron chi connectivity index (χ0n) is 13.3. The zero-order chi connectivity index (χ0) is 18.1. The molecule has 1 aliphatic heterocycles. The minimum Gasteiger partial charge on any atom is -0.484 e. The number of rotatable bonds is 5. The van der Waals surface area contributed by atoms with Gasteiger partial charge in [-0.2, -0.15) is 4.21 Å². The summed E-state index contributed by atoms with van der Waals surface area (Å²) in [6.45, 7) is 1.92. The van der Waals surface area contributed by atoms with E-state index in [4.69, 9.17) is 14.7 Å². The van der Waals surface area contributed by atoms with E-state index in [0.717, 1.165) is 5.56 Å². The topological polar surface area (TPSA) is 119 Å². The molecule has 4 N–H and O–H groups in total. The van der Waals surface area contributed by atoms with Crippen LogP contribution in [0.25, 0.3) is 0 Å². The Balaban J connectivity index is 1.97. The fourth-order valence-electron chi connectivity index (χ4n) is 2.93. The van der Waals surface area contributed by atoms with Crippen LogP contribution < -0.4 is 10.5 Å². The Hall–Kier alpha value is -2.42. The number of carboxylic acids is 1. The summed E-state index contributed by atoms with van der Waals surface area (Å²) < 4.78 is 31.4. The smallest absolute Gasteiger partial charge is 0.336 e. The van der Waals surface area contributed by atoms with Crippen LogP contribution in [0.1, 0.15) is 33.2 Å². The van der Waals surface area contributed by atoms with Crippen LogP contribution in [0, 0.1) is 6.92 Å². The largest absolute Gasteiger partial charge is 0.484 e. The third-order valence-corrected chi connectivity index (χ3v) is 4.50. The highest BCUT2D eigenvalue weighted by Gasteiger charge is 2.37. The number of ether oxygens (including phenoxy) is 1. The van der Waals surface area contributed by atoms with Crippen molar-refractivity contribution in [1.29, 1.82) is 0 Å². The number of aryl methyl sites for hydroxylation is 1. The summed E-state index contributed by atoms with van der Waals surface area (Å²) in [7, 11) is 0. The van der Waals surface area contributed by atoms with E-state index in [9.17, 15) is 18.7 Å². The van der Waals surface area contributed by atoms with Crippen LogP contribution in [0.15, 0.2) is 36.4 Å². The maximum Gasteiger partial charge on any atom is 0.336 e. The molecule has 3 unspecified atom stereocenters. The summed E-state index contributed by atoms with van der Waals surface area (Å²) >= 11 is -2.51. The van der Waals surface area contributed by atoms with E-state index in [-0.39, 0.29) is 17.7 Å². The summed E-state index contributed by atoms with van der Waals surface area (Å²) in [6, 6.07) is 10.2. The van der Waals surface area contributed by atoms with Crippen molar-refractivity contribution in [3.05, 3.63) is 58.7 Å². The zero-order valence-corrected chi connectivity index (χ0v) is 14.2. The molecule has 0 aliphatic carbocycles. The molecule has 0 fully saturated rings. The molecule has 1 aliphatic rings. The van der Waals surface area contributed by atoms with E-state index in [1.165, 1.54) is 12.1 Å². The van der Waals surface area contributed by atoms with Crippen LogP contribution >= 0.6 is 0 Å². The van der Waals surface area contributed by atoms with Crippen molar-refractivity contribution in [2.24, 2.45) is 0 Å². The molecule has 25 heavy (non-hydrogen) atoms. The third-order valence-electron chi connectivity index (χ3n) is 4.13. The number of carboxylic acid groups (broad SMARTS) is 1. The van der Waals surface area contributed by atoms with E-state index in [0.29, 0.717) is 16.8 Å². The van der Waals surface area contributed by atoms with E-state index in [1.807, 2.05) is 19.1 Å². The van der Waals surface area contributed by atoms with Gasteiger partial charge in [0.05, 0.1) is 11.3 Å². The minimum atomic E-state index is -2.51. The quantitative estimate of drug-likeness (QED) is 0.551. The van der Waals surface area contributed by atoms with Crippen LogP contribution in [0.3, 0.4) is 0 Å². The monoisotopic (exact) mass is 363 g/mol. The molecule has 0 amide bonds. The average Bonchev–Trinajstić information content (AvgIpc) is 2.99. The summed E-state index contributed by atoms with van der Waals surface area (Å²) in [5, 5.41) is 9.34. The van der Waals surface area contributed by atoms with Crippen LogP contribution in [-0.2, 0) is 22.0 Å². The van der Waals surface area contributed by atoms with Gasteiger partial charge in [0, 0.05) is 12.0 Å². The lowest BCUT2D eigenvalue weighted by Gasteiger charge is -2.22. The Morgan fingerprint density at radius 1 is 1.32 bits per heavy atom. The van der Waals surface area contributed by atoms with Crippen LogP contribution in [0.2, 0.25) is 0 Å². The number of anilines is 1. The Labute approximate surface area is 146 Å². The number of aromatic carboxylic acids is 1. The molecule has 132 valence electrons. The molecular weight excluding hydrogens is 346 g/mol. The molecule has 0 radical (unpaired) electrons. The van der Waals surface area contributed by atoms with Gasteiger partial charge in [0.25, 0.3) is 0 Å². The summed E-state index contributed by atoms with van der Waals surface area (Å²) in [5.41, 5.74) is 8.45. The first-order valence-corrected chi connectivity index (χ1v) is 8.56. The molecule has 2 aromatic carbocycles. The number of carbonyl (C=O) groups is 1. The second kappa shape index (κ2) is 6.83. The highest BCUT2D eigenvalue weighted by atomic mass is 32.2. The Morgan fingerprint density at radius 2 is 2.00 bits per heavy atom. The van der Waals surface area contributed by atoms with Crippen molar-refractivity contribution in [2.75, 3.05) is 5.73 Å². The second-order valence-corrected chi connectivity index (χ2v) is 6.45. The first kappa shape index (κ1) is 17.4. The van der Waals surface area contributed by atoms with Crippen molar-refractivity contribution in [2.45, 2.75) is 25.6 Å². The molecule has 3 atom stereocenters. The van der Waals surface area contributed by atoms with Gasteiger partial charge in [0.2, 0.25) is 0 Å². The standard InChI is InChI=1S/C17H17NO6S/c1-9-2-4-10(5-3-9)15(24-25(21)22)14-8-12-11(17(19)20)6-7-13(18)16(12)23-14/h2-7,14-15H,8,18H2,1H3,(H,19,20)(H,21,22). The first-order chi connectivity index (χ1) is 11.9. The van der Waals surface area contributed by atoms with Gasteiger partial charge in [-0.1, -0.05) is 29.8 Å². The lowest BCUT2D eigenvalue weighted by Crippen LogP contribution is -2.26. The van der Waals surface area contributed by atoms with Gasteiger partial charge in [0.1, 0.15) is 18.0 Å². The molecule has 2 aromatic rings. The lowest BCUT2D eigenvalue weighted by atomic mass is 9.97. The maximum absolute atomic E-state index is 11.4. The van der Waals surface area contributed by atoms with Gasteiger partial charge >= 0.3 is 17.3 Å². The SMILES string of the molecule is Cc1ccc(C(OS(=O)O)C2Cc3c(C(=O)O)ccc(N)c3O2)cc1. The second-order valence-electron chi connectivity index (χ2n) is 5.82. The van der Waals surface area contributed by atoms with Crippen molar-refractivity contribution in [1.82, 2.24) is 0 Å². The van der Waals surface area contributed by atoms with Gasteiger partial charge in [0.15, 0.2) is 0 Å². The van der Waals surface area contributed by atoms with Crippen molar-refractivity contribution in [3.63, 3.8) is 0 Å². The van der Waals surface area contributed by atoms with Crippen molar-refractivity contribution in [3.8, 4) is 5.75 Å². The van der Waals surface area contributed by atoms with Crippen molar-refractivity contribution < 1.29 is 27.6 Å². The molecule has 8 heteroatoms. The number of fused-ring (bicyclic) bond motifs is 1. The predicted molar refractivity (Wildman–Crippen MR) is 91.7 cm³/mol. The van der Waals surface area contributed by atoms with E-state index in [2.05, 4.69) is 0 Å². The highest BCUT2D eigenvalue weighted by Crippen LogP contribution is 2.41. The summed E-state index contributed by atoms with van der Waals surface area (Å²) in [4.78, 5) is 11.4. The fraction of sp³-hybridized carbons (Fsp3) is 0.235. The molecule has 0 saturated heterocycles. The first-order valence-electron chi connectivity index (χ1n) is 7.52. The molecule has 0 spiro atoms. The van der Waals surface area contributed by atoms with E-state index < -0.39 is 29.5 Å². The Morgan fingerprint density at radius 3 is 2.60 bits per heavy atom. The van der Waals surface area contributed by atoms with E-state index >= 15 is 0 Å². The lowest BCUT2D eigenvalue weighted by molar-refractivity contribution is 0.0690. The van der Waals surface area contributed by atoms with E-state index in [1.54, 1.807) is 12.1 Å². The fourth-order valence-corrected chi connectivity index (χ4v) is 3.34. The number of nitrogens with two attached hydrogens (primary N) is 1. The molecule has 1 heterocycles. The predicted octanol–water partition coefficient (Wildman–Crippen LogP) is 2.47. The minimum absolute atomic E-state index is 0.0967. The van der Waals surface area contributed by atoms with Gasteiger partial charge in [-0.3, -0.25) is 8.74 Å². The van der Waals surface area contributed by atoms with Crippen LogP contribution in [0.5, 0.6) is 5.75 Å². The van der Waals surface area contributed by atoms with Crippen LogP contribution in [-0.4, -0.2) is 25.9 Å². The molecule has 0 saturated carbocycles. The summed E-state index contributed by atoms with van der Waals surface area (Å²) in [6.07, 6.45) is -1.31. The van der Waals surface area contributed by atoms with Gasteiger partial charge < -0.3 is 15.6 Å². The number of hydrogen-bond acceptors (Lipinski definition) is 5. The van der Waals surface area contributed by atoms with Gasteiger partial charge in [-0.15, -0.1) is 0 Å². The number of benzene rings is 2. The molecule has 0 bridgehead atoms. The average molecular weight is 363 g/mol. The number of nitrogen functional groups attached to an aromatic ring is 1. The molecule has 7 nitrogen and oxygen atoms in total. The van der Waals surface area contributed by atoms with Gasteiger partial charge in [-0.05, 0) is 24.6 Å². The van der Waals surface area contributed by atoms with Crippen LogP contribution in [0.4, 0.5) is 5.69 Å². The molecule has 3 rings (SSSR count). The highest BCUT2D eigenvalue weighted by molar-refractivity contribution is 7.74. The Kier molecular flexibility index (Phi) is 4.76. The summed E-state index contributed by atoms with van der Waals surface area (Å²) in [5.74, 6) is -0.798. The molecule has 0 aromatic heterocycles.